The summed E-state index contributed by atoms with van der Waals surface area (Å²) >= 11 is 3.37. The molecule has 1 aliphatic heterocycles. The van der Waals surface area contributed by atoms with E-state index in [4.69, 9.17) is 0 Å². The SMILES string of the molecule is Cc1cccc(C(=O)N2CCCC2)c1NC(=O)CCn1cnc2ccc(Br)cc2c1=O. The second-order valence-corrected chi connectivity index (χ2v) is 8.62. The molecule has 4 rings (SSSR count). The first-order valence-corrected chi connectivity index (χ1v) is 11.1. The molecule has 1 fully saturated rings. The lowest BCUT2D eigenvalue weighted by molar-refractivity contribution is -0.116. The molecule has 0 radical (unpaired) electrons. The molecule has 0 saturated carbocycles. The van der Waals surface area contributed by atoms with Crippen LogP contribution in [0.5, 0.6) is 0 Å². The highest BCUT2D eigenvalue weighted by Crippen LogP contribution is 2.24. The number of amides is 2. The maximum atomic E-state index is 12.9. The van der Waals surface area contributed by atoms with E-state index < -0.39 is 0 Å². The second kappa shape index (κ2) is 9.01. The van der Waals surface area contributed by atoms with Crippen LogP contribution in [0, 0.1) is 6.92 Å². The minimum Gasteiger partial charge on any atom is -0.339 e. The number of likely N-dealkylation sites (tertiary alicyclic amines) is 1. The number of benzene rings is 2. The van der Waals surface area contributed by atoms with E-state index in [-0.39, 0.29) is 30.3 Å². The lowest BCUT2D eigenvalue weighted by atomic mass is 10.1. The Balaban J connectivity index is 1.50. The van der Waals surface area contributed by atoms with Gasteiger partial charge in [-0.05, 0) is 49.6 Å². The molecule has 1 aliphatic rings. The normalized spacial score (nSPS) is 13.5. The molecule has 8 heteroatoms. The third-order valence-electron chi connectivity index (χ3n) is 5.53. The fourth-order valence-corrected chi connectivity index (χ4v) is 4.18. The molecule has 160 valence electrons. The molecule has 2 heterocycles. The van der Waals surface area contributed by atoms with E-state index >= 15 is 0 Å². The molecule has 2 amide bonds. The van der Waals surface area contributed by atoms with Crippen molar-refractivity contribution in [3.05, 3.63) is 68.7 Å². The van der Waals surface area contributed by atoms with Crippen LogP contribution in [0.3, 0.4) is 0 Å². The highest BCUT2D eigenvalue weighted by molar-refractivity contribution is 9.10. The van der Waals surface area contributed by atoms with Gasteiger partial charge in [0.1, 0.15) is 0 Å². The molecule has 31 heavy (non-hydrogen) atoms. The predicted molar refractivity (Wildman–Crippen MR) is 123 cm³/mol. The van der Waals surface area contributed by atoms with Crippen molar-refractivity contribution >= 4 is 44.3 Å². The van der Waals surface area contributed by atoms with Gasteiger partial charge in [-0.25, -0.2) is 4.98 Å². The zero-order valence-electron chi connectivity index (χ0n) is 17.2. The number of nitrogens with one attached hydrogen (secondary N) is 1. The van der Waals surface area contributed by atoms with E-state index in [0.29, 0.717) is 22.2 Å². The van der Waals surface area contributed by atoms with Gasteiger partial charge in [-0.15, -0.1) is 0 Å². The van der Waals surface area contributed by atoms with E-state index in [9.17, 15) is 14.4 Å². The second-order valence-electron chi connectivity index (χ2n) is 7.70. The summed E-state index contributed by atoms with van der Waals surface area (Å²) in [5, 5.41) is 3.38. The van der Waals surface area contributed by atoms with Crippen LogP contribution >= 0.6 is 15.9 Å². The molecular formula is C23H23BrN4O3. The Kier molecular flexibility index (Phi) is 6.18. The summed E-state index contributed by atoms with van der Waals surface area (Å²) in [5.74, 6) is -0.317. The third-order valence-corrected chi connectivity index (χ3v) is 6.02. The van der Waals surface area contributed by atoms with Gasteiger partial charge in [0.2, 0.25) is 5.91 Å². The number of hydrogen-bond donors (Lipinski definition) is 1. The first-order valence-electron chi connectivity index (χ1n) is 10.3. The van der Waals surface area contributed by atoms with Gasteiger partial charge in [0.15, 0.2) is 0 Å². The summed E-state index contributed by atoms with van der Waals surface area (Å²) in [6, 6.07) is 10.8. The number of fused-ring (bicyclic) bond motifs is 1. The summed E-state index contributed by atoms with van der Waals surface area (Å²) in [6.45, 7) is 3.55. The quantitative estimate of drug-likeness (QED) is 0.600. The Morgan fingerprint density at radius 2 is 1.94 bits per heavy atom. The Morgan fingerprint density at radius 3 is 2.71 bits per heavy atom. The lowest BCUT2D eigenvalue weighted by Crippen LogP contribution is -2.29. The number of aromatic nitrogens is 2. The average Bonchev–Trinajstić information content (AvgIpc) is 3.29. The number of aryl methyl sites for hydroxylation is 2. The molecule has 0 aliphatic carbocycles. The number of hydrogen-bond acceptors (Lipinski definition) is 4. The van der Waals surface area contributed by atoms with Crippen molar-refractivity contribution in [3.63, 3.8) is 0 Å². The number of anilines is 1. The molecule has 1 N–H and O–H groups in total. The molecule has 1 saturated heterocycles. The minimum atomic E-state index is -0.258. The van der Waals surface area contributed by atoms with Crippen molar-refractivity contribution in [3.8, 4) is 0 Å². The summed E-state index contributed by atoms with van der Waals surface area (Å²) in [6.07, 6.45) is 3.56. The van der Waals surface area contributed by atoms with Crippen molar-refractivity contribution in [2.24, 2.45) is 0 Å². The zero-order valence-corrected chi connectivity index (χ0v) is 18.8. The fraction of sp³-hybridized carbons (Fsp3) is 0.304. The first-order chi connectivity index (χ1) is 14.9. The summed E-state index contributed by atoms with van der Waals surface area (Å²) in [7, 11) is 0. The van der Waals surface area contributed by atoms with Crippen molar-refractivity contribution in [2.45, 2.75) is 32.7 Å². The maximum absolute atomic E-state index is 12.9. The van der Waals surface area contributed by atoms with Gasteiger partial charge in [-0.2, -0.15) is 0 Å². The molecule has 0 atom stereocenters. The Hall–Kier alpha value is -3.00. The number of carbonyl (C=O) groups is 2. The van der Waals surface area contributed by atoms with Gasteiger partial charge in [0.25, 0.3) is 11.5 Å². The third kappa shape index (κ3) is 4.54. The largest absolute Gasteiger partial charge is 0.339 e. The van der Waals surface area contributed by atoms with Crippen LogP contribution in [0.1, 0.15) is 35.2 Å². The van der Waals surface area contributed by atoms with Crippen molar-refractivity contribution < 1.29 is 9.59 Å². The molecule has 2 aromatic carbocycles. The zero-order chi connectivity index (χ0) is 22.0. The van der Waals surface area contributed by atoms with E-state index in [1.807, 2.05) is 30.0 Å². The Bertz CT molecular complexity index is 1220. The van der Waals surface area contributed by atoms with E-state index in [1.165, 1.54) is 10.9 Å². The van der Waals surface area contributed by atoms with E-state index in [0.717, 1.165) is 36.0 Å². The number of para-hydroxylation sites is 1. The van der Waals surface area contributed by atoms with Gasteiger partial charge in [0, 0.05) is 30.5 Å². The first kappa shape index (κ1) is 21.2. The molecule has 3 aromatic rings. The van der Waals surface area contributed by atoms with Gasteiger partial charge in [-0.1, -0.05) is 28.1 Å². The topological polar surface area (TPSA) is 84.3 Å². The molecule has 0 unspecified atom stereocenters. The monoisotopic (exact) mass is 482 g/mol. The van der Waals surface area contributed by atoms with Gasteiger partial charge >= 0.3 is 0 Å². The molecule has 0 spiro atoms. The Morgan fingerprint density at radius 1 is 1.16 bits per heavy atom. The van der Waals surface area contributed by atoms with E-state index in [2.05, 4.69) is 26.2 Å². The number of nitrogens with zero attached hydrogens (tertiary/aromatic N) is 3. The molecule has 7 nitrogen and oxygen atoms in total. The lowest BCUT2D eigenvalue weighted by Gasteiger charge is -2.19. The molecular weight excluding hydrogens is 460 g/mol. The summed E-state index contributed by atoms with van der Waals surface area (Å²) < 4.78 is 2.23. The highest BCUT2D eigenvalue weighted by atomic mass is 79.9. The van der Waals surface area contributed by atoms with Crippen molar-refractivity contribution in [1.82, 2.24) is 14.5 Å². The standard InChI is InChI=1S/C23H23BrN4O3/c1-15-5-4-6-17(22(30)27-10-2-3-11-27)21(15)26-20(29)9-12-28-14-25-19-8-7-16(24)13-18(19)23(28)31/h4-8,13-14H,2-3,9-12H2,1H3,(H,26,29). The molecule has 1 aromatic heterocycles. The highest BCUT2D eigenvalue weighted by Gasteiger charge is 2.23. The maximum Gasteiger partial charge on any atom is 0.261 e. The fourth-order valence-electron chi connectivity index (χ4n) is 3.82. The van der Waals surface area contributed by atoms with Crippen LogP contribution in [-0.2, 0) is 11.3 Å². The smallest absolute Gasteiger partial charge is 0.261 e. The number of rotatable bonds is 5. The van der Waals surface area contributed by atoms with E-state index in [1.54, 1.807) is 18.2 Å². The van der Waals surface area contributed by atoms with Gasteiger partial charge < -0.3 is 10.2 Å². The van der Waals surface area contributed by atoms with Crippen LogP contribution in [0.2, 0.25) is 0 Å². The van der Waals surface area contributed by atoms with Crippen LogP contribution in [0.15, 0.2) is 52.0 Å². The summed E-state index contributed by atoms with van der Waals surface area (Å²) in [5.41, 5.74) is 2.29. The van der Waals surface area contributed by atoms with Crippen LogP contribution in [0.4, 0.5) is 5.69 Å². The van der Waals surface area contributed by atoms with Crippen LogP contribution < -0.4 is 10.9 Å². The average molecular weight is 483 g/mol. The summed E-state index contributed by atoms with van der Waals surface area (Å²) in [4.78, 5) is 44.4. The number of halogens is 1. The Labute approximate surface area is 188 Å². The number of carbonyl (C=O) groups excluding carboxylic acids is 2. The van der Waals surface area contributed by atoms with Crippen LogP contribution in [-0.4, -0.2) is 39.4 Å². The minimum absolute atomic E-state index is 0.0583. The molecule has 0 bridgehead atoms. The van der Waals surface area contributed by atoms with Crippen LogP contribution in [0.25, 0.3) is 10.9 Å². The predicted octanol–water partition coefficient (Wildman–Crippen LogP) is 3.73. The van der Waals surface area contributed by atoms with Gasteiger partial charge in [0.05, 0.1) is 28.5 Å². The van der Waals surface area contributed by atoms with Gasteiger partial charge in [-0.3, -0.25) is 19.0 Å². The van der Waals surface area contributed by atoms with Crippen molar-refractivity contribution in [1.29, 1.82) is 0 Å². The van der Waals surface area contributed by atoms with Crippen molar-refractivity contribution in [2.75, 3.05) is 18.4 Å².